The molecule has 26 heavy (non-hydrogen) atoms. The molecular weight excluding hydrogens is 328 g/mol. The number of aryl methyl sites for hydroxylation is 3. The number of hydrogen-bond donors (Lipinski definition) is 1. The molecule has 0 radical (unpaired) electrons. The standard InChI is InChI=1S/C20H22N4O2/c1-5-16-6-8-17(9-7-16)20(25)22-21-12-18-10-13(2)24(15(18)4)19-11-14(3)26-23-19/h6-12H,5H2,1-4H3,(H,22,25)/b21-12-. The van der Waals surface area contributed by atoms with Crippen molar-refractivity contribution in [2.75, 3.05) is 0 Å². The molecule has 0 fully saturated rings. The van der Waals surface area contributed by atoms with Crippen molar-refractivity contribution < 1.29 is 9.32 Å². The van der Waals surface area contributed by atoms with Gasteiger partial charge in [-0.15, -0.1) is 0 Å². The average Bonchev–Trinajstić information content (AvgIpc) is 3.17. The van der Waals surface area contributed by atoms with Crippen molar-refractivity contribution in [1.29, 1.82) is 0 Å². The number of nitrogens with one attached hydrogen (secondary N) is 1. The Kier molecular flexibility index (Phi) is 5.02. The Morgan fingerprint density at radius 3 is 2.58 bits per heavy atom. The minimum absolute atomic E-state index is 0.232. The molecule has 0 aliphatic rings. The number of aromatic nitrogens is 2. The predicted molar refractivity (Wildman–Crippen MR) is 101 cm³/mol. The molecule has 0 aliphatic heterocycles. The highest BCUT2D eigenvalue weighted by atomic mass is 16.5. The van der Waals surface area contributed by atoms with Gasteiger partial charge in [0.15, 0.2) is 5.82 Å². The summed E-state index contributed by atoms with van der Waals surface area (Å²) in [5.74, 6) is 1.26. The van der Waals surface area contributed by atoms with Crippen molar-refractivity contribution in [3.8, 4) is 5.82 Å². The zero-order valence-electron chi connectivity index (χ0n) is 15.4. The zero-order chi connectivity index (χ0) is 18.7. The van der Waals surface area contributed by atoms with Crippen molar-refractivity contribution in [2.45, 2.75) is 34.1 Å². The second kappa shape index (κ2) is 7.39. The van der Waals surface area contributed by atoms with Crippen LogP contribution in [0.2, 0.25) is 0 Å². The van der Waals surface area contributed by atoms with E-state index in [1.807, 2.05) is 61.7 Å². The summed E-state index contributed by atoms with van der Waals surface area (Å²) in [7, 11) is 0. The van der Waals surface area contributed by atoms with Crippen molar-refractivity contribution in [3.05, 3.63) is 70.2 Å². The van der Waals surface area contributed by atoms with E-state index >= 15 is 0 Å². The lowest BCUT2D eigenvalue weighted by molar-refractivity contribution is 0.0955. The molecule has 3 aromatic rings. The molecule has 134 valence electrons. The zero-order valence-corrected chi connectivity index (χ0v) is 15.4. The largest absolute Gasteiger partial charge is 0.360 e. The highest BCUT2D eigenvalue weighted by Crippen LogP contribution is 2.19. The Morgan fingerprint density at radius 1 is 1.23 bits per heavy atom. The van der Waals surface area contributed by atoms with Crippen LogP contribution in [0.3, 0.4) is 0 Å². The third-order valence-corrected chi connectivity index (χ3v) is 4.31. The number of amides is 1. The Bertz CT molecular complexity index is 949. The van der Waals surface area contributed by atoms with Gasteiger partial charge in [0.2, 0.25) is 0 Å². The molecule has 2 aromatic heterocycles. The smallest absolute Gasteiger partial charge is 0.271 e. The molecule has 0 bridgehead atoms. The van der Waals surface area contributed by atoms with E-state index in [-0.39, 0.29) is 5.91 Å². The van der Waals surface area contributed by atoms with Gasteiger partial charge in [-0.1, -0.05) is 24.2 Å². The van der Waals surface area contributed by atoms with E-state index in [2.05, 4.69) is 22.6 Å². The van der Waals surface area contributed by atoms with Crippen molar-refractivity contribution >= 4 is 12.1 Å². The van der Waals surface area contributed by atoms with E-state index in [9.17, 15) is 4.79 Å². The molecule has 0 spiro atoms. The molecule has 6 heteroatoms. The normalized spacial score (nSPS) is 11.2. The van der Waals surface area contributed by atoms with Gasteiger partial charge in [0.1, 0.15) is 5.76 Å². The molecule has 0 saturated heterocycles. The molecule has 1 aromatic carbocycles. The predicted octanol–water partition coefficient (Wildman–Crippen LogP) is 3.72. The minimum atomic E-state index is -0.232. The van der Waals surface area contributed by atoms with Crippen LogP contribution in [0, 0.1) is 20.8 Å². The summed E-state index contributed by atoms with van der Waals surface area (Å²) < 4.78 is 7.14. The fraction of sp³-hybridized carbons (Fsp3) is 0.250. The number of rotatable bonds is 5. The maximum Gasteiger partial charge on any atom is 0.271 e. The summed E-state index contributed by atoms with van der Waals surface area (Å²) in [5.41, 5.74) is 7.25. The highest BCUT2D eigenvalue weighted by Gasteiger charge is 2.12. The number of nitrogens with zero attached hydrogens (tertiary/aromatic N) is 3. The van der Waals surface area contributed by atoms with Gasteiger partial charge >= 0.3 is 0 Å². The summed E-state index contributed by atoms with van der Waals surface area (Å²) >= 11 is 0. The number of hydrazone groups is 1. The maximum atomic E-state index is 12.2. The number of hydrogen-bond acceptors (Lipinski definition) is 4. The van der Waals surface area contributed by atoms with Gasteiger partial charge in [-0.3, -0.25) is 9.36 Å². The van der Waals surface area contributed by atoms with Crippen LogP contribution in [0.1, 0.15) is 45.6 Å². The van der Waals surface area contributed by atoms with Crippen LogP contribution in [-0.2, 0) is 6.42 Å². The summed E-state index contributed by atoms with van der Waals surface area (Å²) in [6.07, 6.45) is 2.59. The van der Waals surface area contributed by atoms with E-state index in [1.54, 1.807) is 6.21 Å². The van der Waals surface area contributed by atoms with Gasteiger partial charge in [-0.25, -0.2) is 5.43 Å². The molecule has 2 heterocycles. The van der Waals surface area contributed by atoms with Gasteiger partial charge < -0.3 is 4.52 Å². The van der Waals surface area contributed by atoms with Crippen LogP contribution in [0.4, 0.5) is 0 Å². The Labute approximate surface area is 152 Å². The lowest BCUT2D eigenvalue weighted by atomic mass is 10.1. The Balaban J connectivity index is 1.73. The minimum Gasteiger partial charge on any atom is -0.360 e. The monoisotopic (exact) mass is 350 g/mol. The van der Waals surface area contributed by atoms with Gasteiger partial charge in [0.25, 0.3) is 5.91 Å². The molecule has 0 saturated carbocycles. The summed E-state index contributed by atoms with van der Waals surface area (Å²) in [6.45, 7) is 7.90. The molecule has 0 unspecified atom stereocenters. The van der Waals surface area contributed by atoms with E-state index in [0.29, 0.717) is 5.56 Å². The van der Waals surface area contributed by atoms with Crippen molar-refractivity contribution in [3.63, 3.8) is 0 Å². The topological polar surface area (TPSA) is 72.4 Å². The number of benzene rings is 1. The first kappa shape index (κ1) is 17.7. The second-order valence-electron chi connectivity index (χ2n) is 6.21. The first-order valence-corrected chi connectivity index (χ1v) is 8.54. The van der Waals surface area contributed by atoms with Crippen LogP contribution in [0.5, 0.6) is 0 Å². The molecule has 6 nitrogen and oxygen atoms in total. The molecular formula is C20H22N4O2. The molecule has 0 aliphatic carbocycles. The third kappa shape index (κ3) is 3.59. The first-order chi connectivity index (χ1) is 12.5. The highest BCUT2D eigenvalue weighted by molar-refractivity contribution is 5.95. The summed E-state index contributed by atoms with van der Waals surface area (Å²) in [5, 5.41) is 8.15. The van der Waals surface area contributed by atoms with E-state index < -0.39 is 0 Å². The molecule has 3 rings (SSSR count). The maximum absolute atomic E-state index is 12.2. The van der Waals surface area contributed by atoms with Crippen LogP contribution in [0.25, 0.3) is 5.82 Å². The lowest BCUT2D eigenvalue weighted by Gasteiger charge is -2.04. The van der Waals surface area contributed by atoms with Crippen LogP contribution < -0.4 is 5.43 Å². The molecule has 1 amide bonds. The van der Waals surface area contributed by atoms with Gasteiger partial charge in [0, 0.05) is 28.6 Å². The number of carbonyl (C=O) groups is 1. The Hall–Kier alpha value is -3.15. The fourth-order valence-corrected chi connectivity index (χ4v) is 2.85. The number of carbonyl (C=O) groups excluding carboxylic acids is 1. The molecule has 0 atom stereocenters. The van der Waals surface area contributed by atoms with E-state index in [0.717, 1.165) is 35.0 Å². The van der Waals surface area contributed by atoms with E-state index in [1.165, 1.54) is 5.56 Å². The van der Waals surface area contributed by atoms with E-state index in [4.69, 9.17) is 4.52 Å². The average molecular weight is 350 g/mol. The van der Waals surface area contributed by atoms with Crippen LogP contribution >= 0.6 is 0 Å². The van der Waals surface area contributed by atoms with Gasteiger partial charge in [-0.2, -0.15) is 5.10 Å². The summed E-state index contributed by atoms with van der Waals surface area (Å²) in [6, 6.07) is 11.4. The SMILES string of the molecule is CCc1ccc(C(=O)N/N=C\c2cc(C)n(-c3cc(C)on3)c2C)cc1. The van der Waals surface area contributed by atoms with Gasteiger partial charge in [0.05, 0.1) is 6.21 Å². The quantitative estimate of drug-likeness (QED) is 0.563. The fourth-order valence-electron chi connectivity index (χ4n) is 2.85. The second-order valence-corrected chi connectivity index (χ2v) is 6.21. The summed E-state index contributed by atoms with van der Waals surface area (Å²) in [4.78, 5) is 12.2. The van der Waals surface area contributed by atoms with Gasteiger partial charge in [-0.05, 0) is 51.0 Å². The van der Waals surface area contributed by atoms with Crippen molar-refractivity contribution in [1.82, 2.24) is 15.1 Å². The first-order valence-electron chi connectivity index (χ1n) is 8.54. The van der Waals surface area contributed by atoms with Crippen molar-refractivity contribution in [2.24, 2.45) is 5.10 Å². The van der Waals surface area contributed by atoms with Crippen LogP contribution in [-0.4, -0.2) is 21.8 Å². The molecule has 1 N–H and O–H groups in total. The lowest BCUT2D eigenvalue weighted by Crippen LogP contribution is -2.17. The van der Waals surface area contributed by atoms with Crippen LogP contribution in [0.15, 0.2) is 46.0 Å². The third-order valence-electron chi connectivity index (χ3n) is 4.31. The Morgan fingerprint density at radius 2 is 1.96 bits per heavy atom.